The topological polar surface area (TPSA) is 117 Å². The van der Waals surface area contributed by atoms with E-state index < -0.39 is 5.60 Å². The van der Waals surface area contributed by atoms with E-state index in [-0.39, 0.29) is 30.2 Å². The van der Waals surface area contributed by atoms with Gasteiger partial charge in [-0.3, -0.25) is 19.4 Å². The molecule has 0 bridgehead atoms. The summed E-state index contributed by atoms with van der Waals surface area (Å²) in [7, 11) is 1.61. The van der Waals surface area contributed by atoms with Crippen LogP contribution < -0.4 is 10.9 Å². The van der Waals surface area contributed by atoms with Crippen molar-refractivity contribution in [2.24, 2.45) is 0 Å². The molecule has 1 amide bonds. The van der Waals surface area contributed by atoms with Crippen LogP contribution >= 0.6 is 0 Å². The van der Waals surface area contributed by atoms with E-state index in [1.54, 1.807) is 13.4 Å². The normalized spacial score (nSPS) is 23.2. The molecular weight excluding hydrogens is 520 g/mol. The summed E-state index contributed by atoms with van der Waals surface area (Å²) in [5, 5.41) is 18.7. The zero-order valence-corrected chi connectivity index (χ0v) is 23.5. The lowest BCUT2D eigenvalue weighted by Crippen LogP contribution is -2.54. The van der Waals surface area contributed by atoms with E-state index in [2.05, 4.69) is 10.4 Å². The lowest BCUT2D eigenvalue weighted by atomic mass is 9.80. The summed E-state index contributed by atoms with van der Waals surface area (Å²) in [4.78, 5) is 33.3. The zero-order chi connectivity index (χ0) is 28.4. The van der Waals surface area contributed by atoms with Crippen LogP contribution in [0.15, 0.2) is 65.7 Å². The van der Waals surface area contributed by atoms with Crippen molar-refractivity contribution in [3.05, 3.63) is 77.0 Å². The van der Waals surface area contributed by atoms with Crippen LogP contribution in [0, 0.1) is 0 Å². The van der Waals surface area contributed by atoms with Crippen molar-refractivity contribution in [1.29, 1.82) is 0 Å². The number of hydrogen-bond acceptors (Lipinski definition) is 6. The summed E-state index contributed by atoms with van der Waals surface area (Å²) in [5.41, 5.74) is 1.74. The molecule has 3 heterocycles. The average Bonchev–Trinajstić information content (AvgIpc) is 3.58. The molecular formula is C31H38N6O4. The number of nitrogens with zero attached hydrogens (tertiary/aromatic N) is 4. The van der Waals surface area contributed by atoms with E-state index in [1.807, 2.05) is 68.7 Å². The number of carbonyl (C=O) groups excluding carboxylic acids is 1. The fraction of sp³-hybridized carbons (Fsp3) is 0.452. The maximum absolute atomic E-state index is 14.3. The predicted molar refractivity (Wildman–Crippen MR) is 157 cm³/mol. The number of para-hydroxylation sites is 1. The van der Waals surface area contributed by atoms with Crippen LogP contribution in [0.3, 0.4) is 0 Å². The van der Waals surface area contributed by atoms with Gasteiger partial charge in [0.05, 0.1) is 35.6 Å². The summed E-state index contributed by atoms with van der Waals surface area (Å²) in [6, 6.07) is 17.1. The Balaban J connectivity index is 1.32. The summed E-state index contributed by atoms with van der Waals surface area (Å²) < 4.78 is 9.33. The second-order valence-electron chi connectivity index (χ2n) is 11.3. The van der Waals surface area contributed by atoms with Gasteiger partial charge in [0.15, 0.2) is 5.69 Å². The molecule has 6 rings (SSSR count). The number of piperazine rings is 1. The maximum Gasteiger partial charge on any atom is 0.275 e. The Kier molecular flexibility index (Phi) is 7.79. The molecule has 2 aromatic carbocycles. The molecule has 2 aromatic heterocycles. The van der Waals surface area contributed by atoms with Crippen LogP contribution in [-0.2, 0) is 11.3 Å². The highest BCUT2D eigenvalue weighted by Gasteiger charge is 2.42. The number of carbonyl (C=O) groups is 1. The number of rotatable bonds is 8. The van der Waals surface area contributed by atoms with Crippen molar-refractivity contribution >= 4 is 16.8 Å². The summed E-state index contributed by atoms with van der Waals surface area (Å²) >= 11 is 0. The van der Waals surface area contributed by atoms with Gasteiger partial charge in [0.2, 0.25) is 0 Å². The van der Waals surface area contributed by atoms with Crippen LogP contribution in [0.2, 0.25) is 0 Å². The third kappa shape index (κ3) is 5.23. The molecule has 10 nitrogen and oxygen atoms in total. The number of aromatic amines is 1. The molecule has 3 atom stereocenters. The first-order valence-electron chi connectivity index (χ1n) is 14.5. The third-order valence-corrected chi connectivity index (χ3v) is 8.70. The Morgan fingerprint density at radius 1 is 1.15 bits per heavy atom. The molecule has 1 saturated carbocycles. The number of amides is 1. The van der Waals surface area contributed by atoms with Gasteiger partial charge in [-0.2, -0.15) is 0 Å². The van der Waals surface area contributed by atoms with E-state index in [4.69, 9.17) is 9.72 Å². The fourth-order valence-corrected chi connectivity index (χ4v) is 6.68. The second-order valence-corrected chi connectivity index (χ2v) is 11.3. The monoisotopic (exact) mass is 558 g/mol. The maximum atomic E-state index is 14.3. The van der Waals surface area contributed by atoms with E-state index in [0.29, 0.717) is 50.1 Å². The number of imidazole rings is 1. The van der Waals surface area contributed by atoms with Crippen molar-refractivity contribution in [2.45, 2.75) is 56.3 Å². The molecule has 1 aliphatic carbocycles. The van der Waals surface area contributed by atoms with Crippen LogP contribution in [-0.4, -0.2) is 80.2 Å². The van der Waals surface area contributed by atoms with Gasteiger partial charge >= 0.3 is 0 Å². The Labute approximate surface area is 238 Å². The van der Waals surface area contributed by atoms with Gasteiger partial charge in [-0.05, 0) is 31.4 Å². The van der Waals surface area contributed by atoms with E-state index in [0.717, 1.165) is 36.0 Å². The van der Waals surface area contributed by atoms with Gasteiger partial charge in [0.1, 0.15) is 5.60 Å². The molecule has 41 heavy (non-hydrogen) atoms. The van der Waals surface area contributed by atoms with Crippen molar-refractivity contribution in [2.75, 3.05) is 33.4 Å². The number of aryl methyl sites for hydroxylation is 1. The minimum atomic E-state index is -1.04. The summed E-state index contributed by atoms with van der Waals surface area (Å²) in [6.45, 7) is 2.72. The largest absolute Gasteiger partial charge is 0.385 e. The number of fused-ring (bicyclic) bond motifs is 1. The molecule has 216 valence electrons. The Morgan fingerprint density at radius 3 is 2.78 bits per heavy atom. The van der Waals surface area contributed by atoms with Gasteiger partial charge in [-0.1, -0.05) is 55.3 Å². The second kappa shape index (κ2) is 11.6. The van der Waals surface area contributed by atoms with Crippen molar-refractivity contribution in [3.63, 3.8) is 0 Å². The van der Waals surface area contributed by atoms with Crippen molar-refractivity contribution in [3.8, 4) is 11.3 Å². The number of benzene rings is 2. The lowest BCUT2D eigenvalue weighted by Gasteiger charge is -2.41. The third-order valence-electron chi connectivity index (χ3n) is 8.70. The number of nitrogens with one attached hydrogen (secondary N) is 2. The smallest absolute Gasteiger partial charge is 0.275 e. The number of aromatic nitrogens is 4. The van der Waals surface area contributed by atoms with Gasteiger partial charge in [0.25, 0.3) is 11.5 Å². The van der Waals surface area contributed by atoms with Gasteiger partial charge < -0.3 is 24.6 Å². The first-order chi connectivity index (χ1) is 20.0. The van der Waals surface area contributed by atoms with Gasteiger partial charge in [-0.15, -0.1) is 0 Å². The Morgan fingerprint density at radius 2 is 1.95 bits per heavy atom. The minimum Gasteiger partial charge on any atom is -0.385 e. The molecule has 4 aromatic rings. The van der Waals surface area contributed by atoms with E-state index in [1.165, 1.54) is 0 Å². The molecule has 10 heteroatoms. The number of hydrogen-bond donors (Lipinski definition) is 3. The van der Waals surface area contributed by atoms with E-state index in [9.17, 15) is 14.7 Å². The molecule has 2 fully saturated rings. The van der Waals surface area contributed by atoms with Crippen LogP contribution in [0.1, 0.15) is 48.6 Å². The number of aliphatic hydroxyl groups is 1. The molecule has 2 aliphatic rings. The van der Waals surface area contributed by atoms with Crippen molar-refractivity contribution in [1.82, 2.24) is 29.5 Å². The van der Waals surface area contributed by atoms with Crippen LogP contribution in [0.4, 0.5) is 0 Å². The quantitative estimate of drug-likeness (QED) is 0.306. The number of H-pyrrole nitrogens is 1. The molecule has 1 aliphatic heterocycles. The summed E-state index contributed by atoms with van der Waals surface area (Å²) in [6.07, 6.45) is 5.73. The van der Waals surface area contributed by atoms with Crippen LogP contribution in [0.5, 0.6) is 0 Å². The van der Waals surface area contributed by atoms with Crippen molar-refractivity contribution < 1.29 is 14.6 Å². The Bertz CT molecular complexity index is 1560. The summed E-state index contributed by atoms with van der Waals surface area (Å²) in [5.74, 6) is -0.119. The first-order valence-corrected chi connectivity index (χ1v) is 14.5. The predicted octanol–water partition coefficient (Wildman–Crippen LogP) is 3.19. The number of ether oxygens (including phenoxy) is 1. The zero-order valence-electron chi connectivity index (χ0n) is 23.5. The lowest BCUT2D eigenvalue weighted by molar-refractivity contribution is -0.0893. The van der Waals surface area contributed by atoms with Gasteiger partial charge in [-0.25, -0.2) is 4.98 Å². The standard InChI is InChI=1S/C31H38N6O4/c1-41-20-31(40)15-8-7-13-26(31)36-21-33-27(28(36)22-9-3-2-4-10-22)30(39)35-18-16-32-19-23(35)14-17-37-25-12-6-5-11-24(25)29(38)34-37/h2-6,9-12,21,23,26,32,40H,7-8,13-20H2,1H3,(H,34,38)/t23-,26-,31-/m1/s1. The highest BCUT2D eigenvalue weighted by atomic mass is 16.5. The van der Waals surface area contributed by atoms with E-state index >= 15 is 0 Å². The van der Waals surface area contributed by atoms with Crippen LogP contribution in [0.25, 0.3) is 22.2 Å². The molecule has 3 N–H and O–H groups in total. The van der Waals surface area contributed by atoms with Gasteiger partial charge in [0, 0.05) is 44.9 Å². The fourth-order valence-electron chi connectivity index (χ4n) is 6.68. The highest BCUT2D eigenvalue weighted by molar-refractivity contribution is 5.98. The Hall–Kier alpha value is -3.73. The average molecular weight is 559 g/mol. The first kappa shape index (κ1) is 27.4. The molecule has 1 saturated heterocycles. The minimum absolute atomic E-state index is 0.0743. The molecule has 0 spiro atoms. The molecule has 0 radical (unpaired) electrons. The molecule has 0 unspecified atom stereocenters. The number of methoxy groups -OCH3 is 1. The SMILES string of the molecule is COC[C@]1(O)CCCC[C@H]1n1cnc(C(=O)N2CCNC[C@H]2CCn2[nH]c(=O)c3ccccc32)c1-c1ccccc1. The highest BCUT2D eigenvalue weighted by Crippen LogP contribution is 2.41.